The van der Waals surface area contributed by atoms with Crippen molar-refractivity contribution in [1.82, 2.24) is 10.6 Å². The van der Waals surface area contributed by atoms with Gasteiger partial charge in [0.25, 0.3) is 5.91 Å². The van der Waals surface area contributed by atoms with Crippen molar-refractivity contribution in [3.8, 4) is 0 Å². The Balaban J connectivity index is 2.44. The lowest BCUT2D eigenvalue weighted by atomic mass is 9.96. The van der Waals surface area contributed by atoms with Crippen LogP contribution in [0.25, 0.3) is 0 Å². The number of allylic oxidation sites excluding steroid dienone is 4. The van der Waals surface area contributed by atoms with E-state index in [-0.39, 0.29) is 17.7 Å². The third kappa shape index (κ3) is 11.1. The fourth-order valence-corrected chi connectivity index (χ4v) is 3.25. The minimum atomic E-state index is -0.0145. The highest BCUT2D eigenvalue weighted by Gasteiger charge is 2.16. The molecule has 4 nitrogen and oxygen atoms in total. The lowest BCUT2D eigenvalue weighted by molar-refractivity contribution is -0.125. The van der Waals surface area contributed by atoms with Crippen LogP contribution >= 0.6 is 0 Å². The van der Waals surface area contributed by atoms with Gasteiger partial charge in [-0.15, -0.1) is 0 Å². The van der Waals surface area contributed by atoms with Gasteiger partial charge in [-0.1, -0.05) is 76.7 Å². The topological polar surface area (TPSA) is 58.2 Å². The third-order valence-corrected chi connectivity index (χ3v) is 5.09. The summed E-state index contributed by atoms with van der Waals surface area (Å²) in [6, 6.07) is 0. The van der Waals surface area contributed by atoms with Gasteiger partial charge in [0, 0.05) is 24.6 Å². The van der Waals surface area contributed by atoms with Crippen molar-refractivity contribution in [2.24, 2.45) is 5.92 Å². The summed E-state index contributed by atoms with van der Waals surface area (Å²) < 4.78 is 0. The first-order valence-corrected chi connectivity index (χ1v) is 11.3. The molecule has 0 aliphatic heterocycles. The van der Waals surface area contributed by atoms with E-state index in [0.717, 1.165) is 51.6 Å². The van der Waals surface area contributed by atoms with Gasteiger partial charge in [0.05, 0.1) is 0 Å². The van der Waals surface area contributed by atoms with Gasteiger partial charge in [-0.05, 0) is 38.2 Å². The van der Waals surface area contributed by atoms with Crippen molar-refractivity contribution in [3.05, 3.63) is 36.0 Å². The maximum absolute atomic E-state index is 12.4. The normalized spacial score (nSPS) is 18.2. The second kappa shape index (κ2) is 16.1. The van der Waals surface area contributed by atoms with Crippen molar-refractivity contribution >= 4 is 11.8 Å². The molecule has 0 aromatic heterocycles. The molecule has 1 aliphatic carbocycles. The number of carbonyl (C=O) groups excluding carboxylic acids is 2. The molecule has 0 radical (unpaired) electrons. The highest BCUT2D eigenvalue weighted by Crippen LogP contribution is 2.15. The molecular formula is C24H40N2O2. The lowest BCUT2D eigenvalue weighted by Gasteiger charge is -2.15. The van der Waals surface area contributed by atoms with Gasteiger partial charge in [-0.3, -0.25) is 9.59 Å². The molecule has 0 aromatic carbocycles. The van der Waals surface area contributed by atoms with E-state index in [1.165, 1.54) is 32.1 Å². The molecule has 1 atom stereocenters. The van der Waals surface area contributed by atoms with Crippen LogP contribution in [0.3, 0.4) is 0 Å². The van der Waals surface area contributed by atoms with E-state index in [9.17, 15) is 9.59 Å². The zero-order valence-corrected chi connectivity index (χ0v) is 18.0. The third-order valence-electron chi connectivity index (χ3n) is 5.09. The number of hydrogen-bond donors (Lipinski definition) is 2. The Morgan fingerprint density at radius 1 is 0.929 bits per heavy atom. The van der Waals surface area contributed by atoms with Crippen LogP contribution in [0.4, 0.5) is 0 Å². The van der Waals surface area contributed by atoms with E-state index in [1.807, 2.05) is 30.4 Å². The predicted octanol–water partition coefficient (Wildman–Crippen LogP) is 5.22. The van der Waals surface area contributed by atoms with Crippen LogP contribution in [0.5, 0.6) is 0 Å². The average Bonchev–Trinajstić information content (AvgIpc) is 2.70. The molecule has 1 rings (SSSR count). The molecule has 1 aliphatic rings. The number of carbonyl (C=O) groups is 2. The lowest BCUT2D eigenvalue weighted by Crippen LogP contribution is -2.31. The molecule has 2 amide bonds. The van der Waals surface area contributed by atoms with Crippen LogP contribution in [0.2, 0.25) is 0 Å². The molecule has 1 unspecified atom stereocenters. The highest BCUT2D eigenvalue weighted by molar-refractivity contribution is 5.96. The van der Waals surface area contributed by atoms with E-state index >= 15 is 0 Å². The van der Waals surface area contributed by atoms with E-state index < -0.39 is 0 Å². The molecular weight excluding hydrogens is 348 g/mol. The summed E-state index contributed by atoms with van der Waals surface area (Å²) in [5, 5.41) is 6.09. The molecule has 0 aromatic rings. The van der Waals surface area contributed by atoms with Crippen molar-refractivity contribution in [1.29, 1.82) is 0 Å². The minimum Gasteiger partial charge on any atom is -0.356 e. The standard InChI is InChI=1S/C24H40N2O2/c1-3-5-7-13-19-25-23(27)21-15-9-11-17-22(18-12-10-16-21)24(28)26-20-14-8-6-4-2/h9-11,15-16,22H,3-8,12-14,17-20H2,1-2H3,(H,25,27)(H,26,28)/b11-9+,16-10?,21-15?. The second-order valence-electron chi connectivity index (χ2n) is 7.63. The van der Waals surface area contributed by atoms with E-state index in [2.05, 4.69) is 24.5 Å². The van der Waals surface area contributed by atoms with Crippen LogP contribution < -0.4 is 10.6 Å². The molecule has 4 heteroatoms. The van der Waals surface area contributed by atoms with Gasteiger partial charge < -0.3 is 10.6 Å². The van der Waals surface area contributed by atoms with Gasteiger partial charge in [0.15, 0.2) is 0 Å². The Bertz CT molecular complexity index is 535. The first-order valence-electron chi connectivity index (χ1n) is 11.3. The summed E-state index contributed by atoms with van der Waals surface area (Å²) in [4.78, 5) is 24.7. The molecule has 28 heavy (non-hydrogen) atoms. The monoisotopic (exact) mass is 388 g/mol. The van der Waals surface area contributed by atoms with Gasteiger partial charge in [-0.25, -0.2) is 0 Å². The van der Waals surface area contributed by atoms with Gasteiger partial charge >= 0.3 is 0 Å². The Kier molecular flexibility index (Phi) is 14.0. The summed E-state index contributed by atoms with van der Waals surface area (Å²) in [7, 11) is 0. The highest BCUT2D eigenvalue weighted by atomic mass is 16.2. The van der Waals surface area contributed by atoms with E-state index in [0.29, 0.717) is 5.57 Å². The number of unbranched alkanes of at least 4 members (excludes halogenated alkanes) is 6. The number of amides is 2. The van der Waals surface area contributed by atoms with Crippen molar-refractivity contribution in [2.75, 3.05) is 13.1 Å². The van der Waals surface area contributed by atoms with Gasteiger partial charge in [0.1, 0.15) is 0 Å². The summed E-state index contributed by atoms with van der Waals surface area (Å²) in [5.74, 6) is 0.151. The fourth-order valence-electron chi connectivity index (χ4n) is 3.25. The Hall–Kier alpha value is -1.84. The predicted molar refractivity (Wildman–Crippen MR) is 118 cm³/mol. The number of nitrogens with one attached hydrogen (secondary N) is 2. The SMILES string of the molecule is CCCCCCNC(=O)C1=C/C=C/CC(C(=O)NCCCCCC)CCC=C1. The summed E-state index contributed by atoms with van der Waals surface area (Å²) >= 11 is 0. The van der Waals surface area contributed by atoms with E-state index in [4.69, 9.17) is 0 Å². The molecule has 158 valence electrons. The van der Waals surface area contributed by atoms with Crippen LogP contribution in [0.15, 0.2) is 36.0 Å². The smallest absolute Gasteiger partial charge is 0.251 e. The van der Waals surface area contributed by atoms with Gasteiger partial charge in [0.2, 0.25) is 5.91 Å². The van der Waals surface area contributed by atoms with Gasteiger partial charge in [-0.2, -0.15) is 0 Å². The van der Waals surface area contributed by atoms with Crippen molar-refractivity contribution < 1.29 is 9.59 Å². The Morgan fingerprint density at radius 2 is 1.61 bits per heavy atom. The largest absolute Gasteiger partial charge is 0.356 e. The first-order chi connectivity index (χ1) is 13.7. The molecule has 0 fully saturated rings. The molecule has 0 heterocycles. The number of hydrogen-bond acceptors (Lipinski definition) is 2. The average molecular weight is 389 g/mol. The fraction of sp³-hybridized carbons (Fsp3) is 0.667. The molecule has 0 spiro atoms. The van der Waals surface area contributed by atoms with Crippen molar-refractivity contribution in [2.45, 2.75) is 84.5 Å². The van der Waals surface area contributed by atoms with Crippen LogP contribution in [0, 0.1) is 5.92 Å². The van der Waals surface area contributed by atoms with Crippen LogP contribution in [-0.2, 0) is 9.59 Å². The summed E-state index contributed by atoms with van der Waals surface area (Å²) in [6.07, 6.45) is 21.3. The zero-order chi connectivity index (χ0) is 20.5. The van der Waals surface area contributed by atoms with Crippen LogP contribution in [-0.4, -0.2) is 24.9 Å². The molecule has 0 saturated heterocycles. The minimum absolute atomic E-state index is 0.00872. The molecule has 0 saturated carbocycles. The Labute approximate surface area is 171 Å². The Morgan fingerprint density at radius 3 is 2.29 bits per heavy atom. The number of rotatable bonds is 12. The van der Waals surface area contributed by atoms with E-state index in [1.54, 1.807) is 0 Å². The summed E-state index contributed by atoms with van der Waals surface area (Å²) in [6.45, 7) is 5.88. The maximum atomic E-state index is 12.4. The van der Waals surface area contributed by atoms with Crippen molar-refractivity contribution in [3.63, 3.8) is 0 Å². The second-order valence-corrected chi connectivity index (χ2v) is 7.63. The quantitative estimate of drug-likeness (QED) is 0.450. The zero-order valence-electron chi connectivity index (χ0n) is 18.0. The van der Waals surface area contributed by atoms with Crippen LogP contribution in [0.1, 0.15) is 84.5 Å². The molecule has 0 bridgehead atoms. The maximum Gasteiger partial charge on any atom is 0.251 e. The first kappa shape index (κ1) is 24.2. The summed E-state index contributed by atoms with van der Waals surface area (Å²) in [5.41, 5.74) is 0.686. The molecule has 2 N–H and O–H groups in total.